The predicted molar refractivity (Wildman–Crippen MR) is 85.3 cm³/mol. The van der Waals surface area contributed by atoms with Gasteiger partial charge in [-0.15, -0.1) is 0 Å². The number of sulfonamides is 1. The van der Waals surface area contributed by atoms with Gasteiger partial charge >= 0.3 is 0 Å². The van der Waals surface area contributed by atoms with Crippen LogP contribution in [0.2, 0.25) is 0 Å². The Labute approximate surface area is 127 Å². The van der Waals surface area contributed by atoms with Crippen molar-refractivity contribution in [1.82, 2.24) is 0 Å². The summed E-state index contributed by atoms with van der Waals surface area (Å²) in [7, 11) is -3.63. The van der Waals surface area contributed by atoms with Gasteiger partial charge in [0.2, 0.25) is 0 Å². The van der Waals surface area contributed by atoms with Crippen LogP contribution in [0.25, 0.3) is 0 Å². The zero-order valence-electron chi connectivity index (χ0n) is 11.1. The molecule has 0 aliphatic carbocycles. The fraction of sp³-hybridized carbons (Fsp3) is 0.143. The van der Waals surface area contributed by atoms with Crippen LogP contribution >= 0.6 is 15.9 Å². The lowest BCUT2D eigenvalue weighted by Gasteiger charge is -2.12. The minimum Gasteiger partial charge on any atom is -0.399 e. The third kappa shape index (κ3) is 2.96. The van der Waals surface area contributed by atoms with Gasteiger partial charge in [-0.25, -0.2) is 8.42 Å². The van der Waals surface area contributed by atoms with E-state index in [1.54, 1.807) is 31.2 Å². The first-order chi connectivity index (χ1) is 9.31. The summed E-state index contributed by atoms with van der Waals surface area (Å²) in [4.78, 5) is 0.192. The molecule has 2 rings (SSSR count). The van der Waals surface area contributed by atoms with Gasteiger partial charge in [0, 0.05) is 10.2 Å². The molecule has 4 nitrogen and oxygen atoms in total. The van der Waals surface area contributed by atoms with Crippen molar-refractivity contribution >= 4 is 37.3 Å². The number of aryl methyl sites for hydroxylation is 2. The highest BCUT2D eigenvalue weighted by atomic mass is 79.9. The number of nitrogen functional groups attached to an aromatic ring is 1. The fourth-order valence-corrected chi connectivity index (χ4v) is 3.40. The number of rotatable bonds is 3. The van der Waals surface area contributed by atoms with E-state index in [0.29, 0.717) is 11.4 Å². The Hall–Kier alpha value is -1.53. The van der Waals surface area contributed by atoms with Gasteiger partial charge in [-0.2, -0.15) is 0 Å². The summed E-state index contributed by atoms with van der Waals surface area (Å²) in [5.74, 6) is 0. The van der Waals surface area contributed by atoms with E-state index in [1.807, 2.05) is 13.0 Å². The van der Waals surface area contributed by atoms with Gasteiger partial charge in [0.05, 0.1) is 10.6 Å². The molecule has 0 spiro atoms. The van der Waals surface area contributed by atoms with Gasteiger partial charge in [0.1, 0.15) is 0 Å². The minimum absolute atomic E-state index is 0.192. The van der Waals surface area contributed by atoms with Gasteiger partial charge in [0.15, 0.2) is 0 Å². The SMILES string of the molecule is Cc1cc(S(=O)(=O)Nc2cccc(C)c2Br)ccc1N. The molecular weight excluding hydrogens is 340 g/mol. The molecule has 2 aromatic rings. The molecule has 0 aliphatic heterocycles. The number of benzene rings is 2. The maximum atomic E-state index is 12.4. The van der Waals surface area contributed by atoms with E-state index in [1.165, 1.54) is 6.07 Å². The van der Waals surface area contributed by atoms with Crippen molar-refractivity contribution in [2.75, 3.05) is 10.5 Å². The first-order valence-corrected chi connectivity index (χ1v) is 8.23. The van der Waals surface area contributed by atoms with E-state index < -0.39 is 10.0 Å². The molecule has 0 atom stereocenters. The molecule has 0 unspecified atom stereocenters. The van der Waals surface area contributed by atoms with Crippen LogP contribution in [-0.2, 0) is 10.0 Å². The van der Waals surface area contributed by atoms with Crippen molar-refractivity contribution < 1.29 is 8.42 Å². The maximum Gasteiger partial charge on any atom is 0.261 e. The van der Waals surface area contributed by atoms with Crippen molar-refractivity contribution in [2.45, 2.75) is 18.7 Å². The summed E-state index contributed by atoms with van der Waals surface area (Å²) in [6.07, 6.45) is 0. The first-order valence-electron chi connectivity index (χ1n) is 5.95. The zero-order valence-corrected chi connectivity index (χ0v) is 13.5. The molecule has 0 fully saturated rings. The van der Waals surface area contributed by atoms with Gasteiger partial charge in [-0.1, -0.05) is 12.1 Å². The Bertz CT molecular complexity index is 758. The number of nitrogens with one attached hydrogen (secondary N) is 1. The third-order valence-corrected chi connectivity index (χ3v) is 5.40. The number of anilines is 2. The second-order valence-electron chi connectivity index (χ2n) is 4.56. The summed E-state index contributed by atoms with van der Waals surface area (Å²) >= 11 is 3.38. The Morgan fingerprint density at radius 3 is 2.45 bits per heavy atom. The van der Waals surface area contributed by atoms with Crippen molar-refractivity contribution in [1.29, 1.82) is 0 Å². The molecule has 106 valence electrons. The number of halogens is 1. The molecule has 0 radical (unpaired) electrons. The van der Waals surface area contributed by atoms with Crippen LogP contribution in [0.5, 0.6) is 0 Å². The van der Waals surface area contributed by atoms with Crippen LogP contribution < -0.4 is 10.5 Å². The molecule has 0 amide bonds. The smallest absolute Gasteiger partial charge is 0.261 e. The second kappa shape index (κ2) is 5.46. The Balaban J connectivity index is 2.41. The monoisotopic (exact) mass is 354 g/mol. The molecule has 6 heteroatoms. The molecular formula is C14H15BrN2O2S. The van der Waals surface area contributed by atoms with Gasteiger partial charge in [0.25, 0.3) is 10.0 Å². The van der Waals surface area contributed by atoms with E-state index in [2.05, 4.69) is 20.7 Å². The van der Waals surface area contributed by atoms with Crippen molar-refractivity contribution in [3.63, 3.8) is 0 Å². The van der Waals surface area contributed by atoms with Crippen LogP contribution in [0.4, 0.5) is 11.4 Å². The van der Waals surface area contributed by atoms with Gasteiger partial charge in [-0.05, 0) is 65.2 Å². The highest BCUT2D eigenvalue weighted by Gasteiger charge is 2.16. The number of hydrogen-bond donors (Lipinski definition) is 2. The molecule has 0 saturated carbocycles. The highest BCUT2D eigenvalue weighted by Crippen LogP contribution is 2.28. The number of hydrogen-bond acceptors (Lipinski definition) is 3. The van der Waals surface area contributed by atoms with E-state index in [4.69, 9.17) is 5.73 Å². The average Bonchev–Trinajstić information content (AvgIpc) is 2.38. The largest absolute Gasteiger partial charge is 0.399 e. The Kier molecular flexibility index (Phi) is 4.06. The molecule has 0 aromatic heterocycles. The average molecular weight is 355 g/mol. The Morgan fingerprint density at radius 1 is 1.10 bits per heavy atom. The molecule has 0 heterocycles. The lowest BCUT2D eigenvalue weighted by molar-refractivity contribution is 0.601. The normalized spacial score (nSPS) is 11.3. The molecule has 3 N–H and O–H groups in total. The maximum absolute atomic E-state index is 12.4. The van der Waals surface area contributed by atoms with Crippen molar-refractivity contribution in [2.24, 2.45) is 0 Å². The van der Waals surface area contributed by atoms with Crippen molar-refractivity contribution in [3.8, 4) is 0 Å². The Morgan fingerprint density at radius 2 is 1.80 bits per heavy atom. The first kappa shape index (κ1) is 14.9. The zero-order chi connectivity index (χ0) is 14.9. The van der Waals surface area contributed by atoms with Crippen LogP contribution in [0.1, 0.15) is 11.1 Å². The van der Waals surface area contributed by atoms with E-state index in [9.17, 15) is 8.42 Å². The fourth-order valence-electron chi connectivity index (χ4n) is 1.75. The molecule has 2 aromatic carbocycles. The topological polar surface area (TPSA) is 72.2 Å². The second-order valence-corrected chi connectivity index (χ2v) is 7.04. The summed E-state index contributed by atoms with van der Waals surface area (Å²) < 4.78 is 28.0. The lowest BCUT2D eigenvalue weighted by Crippen LogP contribution is -2.14. The molecule has 0 aliphatic rings. The summed E-state index contributed by atoms with van der Waals surface area (Å²) in [6.45, 7) is 3.67. The summed E-state index contributed by atoms with van der Waals surface area (Å²) in [6, 6.07) is 10.0. The molecule has 20 heavy (non-hydrogen) atoms. The van der Waals surface area contributed by atoms with Crippen LogP contribution in [0.15, 0.2) is 45.8 Å². The van der Waals surface area contributed by atoms with E-state index in [0.717, 1.165) is 15.6 Å². The molecule has 0 bridgehead atoms. The number of nitrogens with two attached hydrogens (primary N) is 1. The highest BCUT2D eigenvalue weighted by molar-refractivity contribution is 9.10. The third-order valence-electron chi connectivity index (χ3n) is 2.99. The predicted octanol–water partition coefficient (Wildman–Crippen LogP) is 3.45. The van der Waals surface area contributed by atoms with E-state index >= 15 is 0 Å². The summed E-state index contributed by atoms with van der Waals surface area (Å²) in [5, 5.41) is 0. The quantitative estimate of drug-likeness (QED) is 0.829. The summed E-state index contributed by atoms with van der Waals surface area (Å²) in [5.41, 5.74) is 8.48. The standard InChI is InChI=1S/C14H15BrN2O2S/c1-9-4-3-5-13(14(9)15)17-20(18,19)11-6-7-12(16)10(2)8-11/h3-8,17H,16H2,1-2H3. The van der Waals surface area contributed by atoms with Gasteiger partial charge < -0.3 is 5.73 Å². The van der Waals surface area contributed by atoms with Gasteiger partial charge in [-0.3, -0.25) is 4.72 Å². The van der Waals surface area contributed by atoms with E-state index in [-0.39, 0.29) is 4.90 Å². The lowest BCUT2D eigenvalue weighted by atomic mass is 10.2. The van der Waals surface area contributed by atoms with Crippen LogP contribution in [0, 0.1) is 13.8 Å². The van der Waals surface area contributed by atoms with Crippen LogP contribution in [-0.4, -0.2) is 8.42 Å². The van der Waals surface area contributed by atoms with Crippen molar-refractivity contribution in [3.05, 3.63) is 52.0 Å². The molecule has 0 saturated heterocycles. The minimum atomic E-state index is -3.63. The van der Waals surface area contributed by atoms with Crippen LogP contribution in [0.3, 0.4) is 0 Å².